The van der Waals surface area contributed by atoms with Gasteiger partial charge in [0.15, 0.2) is 0 Å². The molecule has 0 aliphatic heterocycles. The van der Waals surface area contributed by atoms with Crippen LogP contribution in [0.4, 0.5) is 0 Å². The molecule has 0 fully saturated rings. The Morgan fingerprint density at radius 2 is 1.67 bits per heavy atom. The Morgan fingerprint density at radius 1 is 1.11 bits per heavy atom. The summed E-state index contributed by atoms with van der Waals surface area (Å²) in [5.41, 5.74) is 0. The highest BCUT2D eigenvalue weighted by Gasteiger charge is 2.22. The number of rotatable bonds is 9. The Bertz CT molecular complexity index is 314. The maximum atomic E-state index is 11.1. The second-order valence-electron chi connectivity index (χ2n) is 4.83. The topological polar surface area (TPSA) is 104 Å². The van der Waals surface area contributed by atoms with Crippen LogP contribution in [0.2, 0.25) is 0 Å². The molecule has 0 spiro atoms. The molecule has 2 atom stereocenters. The van der Waals surface area contributed by atoms with Gasteiger partial charge in [0.05, 0.1) is 0 Å². The molecule has 0 saturated heterocycles. The van der Waals surface area contributed by atoms with E-state index in [1.54, 1.807) is 0 Å². The molecule has 0 aromatic heterocycles. The lowest BCUT2D eigenvalue weighted by molar-refractivity contribution is -0.150. The molecule has 0 saturated carbocycles. The molecule has 0 heterocycles. The fourth-order valence-corrected chi connectivity index (χ4v) is 1.56. The Labute approximate surface area is 106 Å². The van der Waals surface area contributed by atoms with E-state index in [2.05, 4.69) is 5.32 Å². The SMILES string of the molecule is CC(C)C[C@H](NCCC(C)C(=O)C(=O)O)C(=O)O. The van der Waals surface area contributed by atoms with Crippen LogP contribution in [0, 0.1) is 11.8 Å². The number of nitrogens with one attached hydrogen (secondary N) is 1. The van der Waals surface area contributed by atoms with Crippen LogP contribution in [0.25, 0.3) is 0 Å². The summed E-state index contributed by atoms with van der Waals surface area (Å²) in [5, 5.41) is 20.3. The van der Waals surface area contributed by atoms with Crippen LogP contribution in [0.1, 0.15) is 33.6 Å². The van der Waals surface area contributed by atoms with E-state index in [4.69, 9.17) is 10.2 Å². The zero-order valence-electron chi connectivity index (χ0n) is 11.0. The highest BCUT2D eigenvalue weighted by Crippen LogP contribution is 2.07. The van der Waals surface area contributed by atoms with Crippen LogP contribution >= 0.6 is 0 Å². The van der Waals surface area contributed by atoms with Crippen molar-refractivity contribution in [1.82, 2.24) is 5.32 Å². The summed E-state index contributed by atoms with van der Waals surface area (Å²) >= 11 is 0. The fraction of sp³-hybridized carbons (Fsp3) is 0.750. The minimum atomic E-state index is -1.44. The van der Waals surface area contributed by atoms with Crippen LogP contribution in [-0.2, 0) is 14.4 Å². The Balaban J connectivity index is 4.10. The highest BCUT2D eigenvalue weighted by molar-refractivity contribution is 6.33. The number of ketones is 1. The predicted octanol–water partition coefficient (Wildman–Crippen LogP) is 0.755. The second-order valence-corrected chi connectivity index (χ2v) is 4.83. The van der Waals surface area contributed by atoms with E-state index < -0.39 is 29.7 Å². The fourth-order valence-electron chi connectivity index (χ4n) is 1.56. The summed E-state index contributed by atoms with van der Waals surface area (Å²) in [7, 11) is 0. The van der Waals surface area contributed by atoms with Crippen LogP contribution in [-0.4, -0.2) is 40.5 Å². The minimum absolute atomic E-state index is 0.247. The molecule has 0 aliphatic carbocycles. The third-order valence-corrected chi connectivity index (χ3v) is 2.63. The van der Waals surface area contributed by atoms with Gasteiger partial charge in [0, 0.05) is 5.92 Å². The number of carbonyl (C=O) groups is 3. The Kier molecular flexibility index (Phi) is 7.19. The first kappa shape index (κ1) is 16.6. The lowest BCUT2D eigenvalue weighted by atomic mass is 10.0. The van der Waals surface area contributed by atoms with Crippen molar-refractivity contribution in [3.63, 3.8) is 0 Å². The number of carbonyl (C=O) groups excluding carboxylic acids is 1. The Morgan fingerprint density at radius 3 is 2.06 bits per heavy atom. The zero-order valence-corrected chi connectivity index (χ0v) is 11.0. The number of carboxylic acids is 2. The van der Waals surface area contributed by atoms with Crippen LogP contribution < -0.4 is 5.32 Å². The molecule has 6 heteroatoms. The smallest absolute Gasteiger partial charge is 0.372 e. The molecule has 104 valence electrons. The molecule has 0 aromatic rings. The molecule has 3 N–H and O–H groups in total. The standard InChI is InChI=1S/C12H21NO5/c1-7(2)6-9(11(15)16)13-5-4-8(3)10(14)12(17)18/h7-9,13H,4-6H2,1-3H3,(H,15,16)(H,17,18)/t8?,9-/m0/s1. The van der Waals surface area contributed by atoms with Gasteiger partial charge in [-0.15, -0.1) is 0 Å². The largest absolute Gasteiger partial charge is 0.480 e. The van der Waals surface area contributed by atoms with Gasteiger partial charge in [-0.2, -0.15) is 0 Å². The van der Waals surface area contributed by atoms with Crippen molar-refractivity contribution in [2.75, 3.05) is 6.54 Å². The van der Waals surface area contributed by atoms with Crippen LogP contribution in [0.5, 0.6) is 0 Å². The van der Waals surface area contributed by atoms with Gasteiger partial charge in [0.2, 0.25) is 5.78 Å². The third-order valence-electron chi connectivity index (χ3n) is 2.63. The van der Waals surface area contributed by atoms with Gasteiger partial charge in [-0.3, -0.25) is 9.59 Å². The van der Waals surface area contributed by atoms with E-state index in [1.807, 2.05) is 13.8 Å². The van der Waals surface area contributed by atoms with Crippen LogP contribution in [0.3, 0.4) is 0 Å². The van der Waals surface area contributed by atoms with E-state index in [0.717, 1.165) is 0 Å². The average Bonchev–Trinajstić information content (AvgIpc) is 2.25. The predicted molar refractivity (Wildman–Crippen MR) is 65.3 cm³/mol. The van der Waals surface area contributed by atoms with Crippen molar-refractivity contribution in [2.24, 2.45) is 11.8 Å². The monoisotopic (exact) mass is 259 g/mol. The van der Waals surface area contributed by atoms with E-state index in [-0.39, 0.29) is 5.92 Å². The summed E-state index contributed by atoms with van der Waals surface area (Å²) < 4.78 is 0. The molecule has 18 heavy (non-hydrogen) atoms. The van der Waals surface area contributed by atoms with Gasteiger partial charge in [-0.05, 0) is 25.3 Å². The molecular formula is C12H21NO5. The van der Waals surface area contributed by atoms with E-state index in [0.29, 0.717) is 19.4 Å². The van der Waals surface area contributed by atoms with Crippen molar-refractivity contribution in [1.29, 1.82) is 0 Å². The summed E-state index contributed by atoms with van der Waals surface area (Å²) in [5.74, 6) is -3.58. The van der Waals surface area contributed by atoms with Crippen molar-refractivity contribution in [2.45, 2.75) is 39.7 Å². The first-order valence-corrected chi connectivity index (χ1v) is 5.99. The Hall–Kier alpha value is -1.43. The van der Waals surface area contributed by atoms with E-state index >= 15 is 0 Å². The number of hydrogen-bond acceptors (Lipinski definition) is 4. The molecule has 0 amide bonds. The number of carboxylic acid groups (broad SMARTS) is 2. The minimum Gasteiger partial charge on any atom is -0.480 e. The molecule has 1 unspecified atom stereocenters. The zero-order chi connectivity index (χ0) is 14.3. The maximum absolute atomic E-state index is 11.1. The van der Waals surface area contributed by atoms with Crippen LogP contribution in [0.15, 0.2) is 0 Å². The lowest BCUT2D eigenvalue weighted by Crippen LogP contribution is -2.39. The molecule has 0 bridgehead atoms. The molecule has 0 aliphatic rings. The molecule has 0 rings (SSSR count). The quantitative estimate of drug-likeness (QED) is 0.528. The lowest BCUT2D eigenvalue weighted by Gasteiger charge is -2.17. The van der Waals surface area contributed by atoms with Gasteiger partial charge < -0.3 is 15.5 Å². The highest BCUT2D eigenvalue weighted by atomic mass is 16.4. The molecule has 0 aromatic carbocycles. The van der Waals surface area contributed by atoms with Gasteiger partial charge in [0.25, 0.3) is 0 Å². The molecule has 6 nitrogen and oxygen atoms in total. The third kappa shape index (κ3) is 6.34. The van der Waals surface area contributed by atoms with E-state index in [9.17, 15) is 14.4 Å². The first-order valence-electron chi connectivity index (χ1n) is 5.99. The van der Waals surface area contributed by atoms with Crippen molar-refractivity contribution >= 4 is 17.7 Å². The van der Waals surface area contributed by atoms with Crippen molar-refractivity contribution in [3.05, 3.63) is 0 Å². The number of Topliss-reactive ketones (excluding diaryl/α,β-unsaturated/α-hetero) is 1. The number of hydrogen-bond donors (Lipinski definition) is 3. The number of aliphatic carboxylic acids is 2. The summed E-state index contributed by atoms with van der Waals surface area (Å²) in [6.45, 7) is 5.68. The van der Waals surface area contributed by atoms with Gasteiger partial charge >= 0.3 is 11.9 Å². The van der Waals surface area contributed by atoms with Crippen molar-refractivity contribution in [3.8, 4) is 0 Å². The summed E-state index contributed by atoms with van der Waals surface area (Å²) in [6, 6.07) is -0.655. The summed E-state index contributed by atoms with van der Waals surface area (Å²) in [6.07, 6.45) is 0.809. The summed E-state index contributed by atoms with van der Waals surface area (Å²) in [4.78, 5) is 32.4. The average molecular weight is 259 g/mol. The van der Waals surface area contributed by atoms with Gasteiger partial charge in [-0.1, -0.05) is 20.8 Å². The maximum Gasteiger partial charge on any atom is 0.372 e. The van der Waals surface area contributed by atoms with Gasteiger partial charge in [-0.25, -0.2) is 4.79 Å². The van der Waals surface area contributed by atoms with Crippen molar-refractivity contribution < 1.29 is 24.6 Å². The van der Waals surface area contributed by atoms with E-state index in [1.165, 1.54) is 6.92 Å². The normalized spacial score (nSPS) is 14.2. The second kappa shape index (κ2) is 7.81. The molecular weight excluding hydrogens is 238 g/mol. The molecule has 0 radical (unpaired) electrons. The first-order chi connectivity index (χ1) is 8.25. The van der Waals surface area contributed by atoms with Gasteiger partial charge in [0.1, 0.15) is 6.04 Å².